The topological polar surface area (TPSA) is 79.5 Å². The third-order valence-electron chi connectivity index (χ3n) is 5.39. The Bertz CT molecular complexity index is 715. The number of likely N-dealkylation sites (tertiary alicyclic amines) is 1. The lowest BCUT2D eigenvalue weighted by atomic mass is 9.94. The number of carbonyl (C=O) groups excluding carboxylic acids is 1. The molecule has 0 aromatic carbocycles. The van der Waals surface area contributed by atoms with Crippen molar-refractivity contribution >= 4 is 17.4 Å². The summed E-state index contributed by atoms with van der Waals surface area (Å²) in [5, 5.41) is 15.8. The zero-order chi connectivity index (χ0) is 17.1. The Kier molecular flexibility index (Phi) is 4.76. The highest BCUT2D eigenvalue weighted by atomic mass is 16.2. The summed E-state index contributed by atoms with van der Waals surface area (Å²) in [6, 6.07) is 3.83. The van der Waals surface area contributed by atoms with Crippen LogP contribution >= 0.6 is 0 Å². The normalized spacial score (nSPS) is 20.5. The molecule has 0 saturated carbocycles. The van der Waals surface area contributed by atoms with Crippen LogP contribution in [0.1, 0.15) is 44.9 Å². The molecule has 4 rings (SSSR count). The average Bonchev–Trinajstić information content (AvgIpc) is 3.09. The quantitative estimate of drug-likeness (QED) is 0.823. The highest BCUT2D eigenvalue weighted by molar-refractivity contribution is 5.79. The number of rotatable bonds is 2. The standard InChI is InChI=1S/C17H25N7O/c25-17(23-10-4-2-1-3-5-11-23)14-8-12-22(13-9-14)16-7-6-15-18-20-21-24(15)19-16/h6-7,14H,1-5,8-13H2. The molecular formula is C17H25N7O. The van der Waals surface area contributed by atoms with E-state index in [2.05, 4.69) is 30.4 Å². The summed E-state index contributed by atoms with van der Waals surface area (Å²) in [6.45, 7) is 3.59. The maximum atomic E-state index is 12.9. The molecule has 2 aromatic rings. The molecule has 0 atom stereocenters. The number of carbonyl (C=O) groups is 1. The fraction of sp³-hybridized carbons (Fsp3) is 0.706. The summed E-state index contributed by atoms with van der Waals surface area (Å²) in [5.74, 6) is 1.40. The molecule has 8 heteroatoms. The van der Waals surface area contributed by atoms with Gasteiger partial charge in [0, 0.05) is 32.1 Å². The molecule has 0 spiro atoms. The second-order valence-electron chi connectivity index (χ2n) is 7.07. The van der Waals surface area contributed by atoms with E-state index in [4.69, 9.17) is 0 Å². The molecule has 0 aliphatic carbocycles. The molecule has 2 aliphatic heterocycles. The van der Waals surface area contributed by atoms with Crippen LogP contribution in [-0.4, -0.2) is 62.2 Å². The van der Waals surface area contributed by atoms with Gasteiger partial charge in [-0.1, -0.05) is 19.3 Å². The first-order valence-electron chi connectivity index (χ1n) is 9.40. The SMILES string of the molecule is O=C(C1CCN(c2ccc3nnnn3n2)CC1)N1CCCCCCC1. The van der Waals surface area contributed by atoms with E-state index in [1.165, 1.54) is 23.9 Å². The first-order valence-corrected chi connectivity index (χ1v) is 9.40. The van der Waals surface area contributed by atoms with E-state index >= 15 is 0 Å². The van der Waals surface area contributed by atoms with Gasteiger partial charge >= 0.3 is 0 Å². The van der Waals surface area contributed by atoms with Gasteiger partial charge in [-0.3, -0.25) is 4.79 Å². The average molecular weight is 343 g/mol. The number of tetrazole rings is 1. The molecule has 2 saturated heterocycles. The van der Waals surface area contributed by atoms with Gasteiger partial charge in [-0.2, -0.15) is 0 Å². The van der Waals surface area contributed by atoms with Gasteiger partial charge in [-0.15, -0.1) is 14.8 Å². The predicted molar refractivity (Wildman–Crippen MR) is 93.2 cm³/mol. The molecular weight excluding hydrogens is 318 g/mol. The summed E-state index contributed by atoms with van der Waals surface area (Å²) in [4.78, 5) is 17.2. The van der Waals surface area contributed by atoms with Crippen molar-refractivity contribution in [1.82, 2.24) is 30.2 Å². The third kappa shape index (κ3) is 3.57. The zero-order valence-corrected chi connectivity index (χ0v) is 14.5. The largest absolute Gasteiger partial charge is 0.355 e. The van der Waals surface area contributed by atoms with Crippen LogP contribution in [0.5, 0.6) is 0 Å². The highest BCUT2D eigenvalue weighted by Crippen LogP contribution is 2.24. The Morgan fingerprint density at radius 1 is 0.960 bits per heavy atom. The van der Waals surface area contributed by atoms with Gasteiger partial charge in [-0.25, -0.2) is 0 Å². The summed E-state index contributed by atoms with van der Waals surface area (Å²) < 4.78 is 1.45. The van der Waals surface area contributed by atoms with Gasteiger partial charge in [0.15, 0.2) is 11.5 Å². The second-order valence-corrected chi connectivity index (χ2v) is 7.07. The number of hydrogen-bond donors (Lipinski definition) is 0. The molecule has 8 nitrogen and oxygen atoms in total. The van der Waals surface area contributed by atoms with Gasteiger partial charge in [0.1, 0.15) is 0 Å². The molecule has 25 heavy (non-hydrogen) atoms. The van der Waals surface area contributed by atoms with Crippen LogP contribution in [0.15, 0.2) is 12.1 Å². The van der Waals surface area contributed by atoms with Gasteiger partial charge in [0.05, 0.1) is 0 Å². The molecule has 0 radical (unpaired) electrons. The smallest absolute Gasteiger partial charge is 0.225 e. The van der Waals surface area contributed by atoms with Crippen LogP contribution in [0.2, 0.25) is 0 Å². The van der Waals surface area contributed by atoms with Crippen molar-refractivity contribution in [1.29, 1.82) is 0 Å². The van der Waals surface area contributed by atoms with Crippen molar-refractivity contribution < 1.29 is 4.79 Å². The number of amides is 1. The number of nitrogens with zero attached hydrogens (tertiary/aromatic N) is 7. The van der Waals surface area contributed by atoms with Crippen molar-refractivity contribution in [2.24, 2.45) is 5.92 Å². The lowest BCUT2D eigenvalue weighted by Gasteiger charge is -2.35. The van der Waals surface area contributed by atoms with Crippen LogP contribution in [0, 0.1) is 5.92 Å². The minimum Gasteiger partial charge on any atom is -0.355 e. The molecule has 0 N–H and O–H groups in total. The first-order chi connectivity index (χ1) is 12.3. The van der Waals surface area contributed by atoms with Gasteiger partial charge in [-0.05, 0) is 48.2 Å². The van der Waals surface area contributed by atoms with Crippen molar-refractivity contribution in [3.8, 4) is 0 Å². The van der Waals surface area contributed by atoms with E-state index in [1.807, 2.05) is 12.1 Å². The predicted octanol–water partition coefficient (Wildman–Crippen LogP) is 1.53. The molecule has 1 amide bonds. The lowest BCUT2D eigenvalue weighted by Crippen LogP contribution is -2.43. The van der Waals surface area contributed by atoms with Crippen molar-refractivity contribution in [2.75, 3.05) is 31.1 Å². The monoisotopic (exact) mass is 343 g/mol. The van der Waals surface area contributed by atoms with Crippen LogP contribution in [0.3, 0.4) is 0 Å². The number of fused-ring (bicyclic) bond motifs is 1. The van der Waals surface area contributed by atoms with Crippen LogP contribution < -0.4 is 4.90 Å². The Labute approximate surface area is 147 Å². The summed E-state index contributed by atoms with van der Waals surface area (Å²) in [6.07, 6.45) is 7.93. The molecule has 0 unspecified atom stereocenters. The summed E-state index contributed by atoms with van der Waals surface area (Å²) in [7, 11) is 0. The molecule has 0 bridgehead atoms. The third-order valence-corrected chi connectivity index (χ3v) is 5.39. The van der Waals surface area contributed by atoms with E-state index in [0.29, 0.717) is 11.6 Å². The Morgan fingerprint density at radius 3 is 2.44 bits per heavy atom. The number of hydrogen-bond acceptors (Lipinski definition) is 6. The summed E-state index contributed by atoms with van der Waals surface area (Å²) >= 11 is 0. The van der Waals surface area contributed by atoms with Crippen LogP contribution in [0.4, 0.5) is 5.82 Å². The van der Waals surface area contributed by atoms with E-state index in [1.54, 1.807) is 0 Å². The van der Waals surface area contributed by atoms with Crippen LogP contribution in [-0.2, 0) is 4.79 Å². The number of anilines is 1. The minimum atomic E-state index is 0.160. The van der Waals surface area contributed by atoms with E-state index in [0.717, 1.165) is 57.7 Å². The maximum Gasteiger partial charge on any atom is 0.225 e. The minimum absolute atomic E-state index is 0.160. The Hall–Kier alpha value is -2.25. The van der Waals surface area contributed by atoms with Gasteiger partial charge in [0.25, 0.3) is 0 Å². The molecule has 2 aliphatic rings. The van der Waals surface area contributed by atoms with Crippen LogP contribution in [0.25, 0.3) is 5.65 Å². The Morgan fingerprint density at radius 2 is 1.68 bits per heavy atom. The van der Waals surface area contributed by atoms with Crippen molar-refractivity contribution in [2.45, 2.75) is 44.9 Å². The second kappa shape index (κ2) is 7.33. The van der Waals surface area contributed by atoms with Crippen molar-refractivity contribution in [3.05, 3.63) is 12.1 Å². The number of piperidine rings is 1. The number of aromatic nitrogens is 5. The van der Waals surface area contributed by atoms with E-state index in [-0.39, 0.29) is 5.92 Å². The molecule has 134 valence electrons. The molecule has 2 aromatic heterocycles. The molecule has 4 heterocycles. The molecule has 2 fully saturated rings. The van der Waals surface area contributed by atoms with E-state index < -0.39 is 0 Å². The van der Waals surface area contributed by atoms with Gasteiger partial charge in [0.2, 0.25) is 5.91 Å². The zero-order valence-electron chi connectivity index (χ0n) is 14.5. The lowest BCUT2D eigenvalue weighted by molar-refractivity contribution is -0.136. The van der Waals surface area contributed by atoms with Gasteiger partial charge < -0.3 is 9.80 Å². The Balaban J connectivity index is 1.36. The maximum absolute atomic E-state index is 12.9. The van der Waals surface area contributed by atoms with Crippen molar-refractivity contribution in [3.63, 3.8) is 0 Å². The fourth-order valence-electron chi connectivity index (χ4n) is 3.89. The van der Waals surface area contributed by atoms with E-state index in [9.17, 15) is 4.79 Å². The fourth-order valence-corrected chi connectivity index (χ4v) is 3.89. The first kappa shape index (κ1) is 16.2. The highest BCUT2D eigenvalue weighted by Gasteiger charge is 2.29. The summed E-state index contributed by atoms with van der Waals surface area (Å²) in [5.41, 5.74) is 0.644.